The summed E-state index contributed by atoms with van der Waals surface area (Å²) >= 11 is 0. The van der Waals surface area contributed by atoms with Crippen LogP contribution in [0.15, 0.2) is 47.6 Å². The van der Waals surface area contributed by atoms with Gasteiger partial charge in [-0.05, 0) is 47.9 Å². The molecule has 0 aliphatic carbocycles. The molecule has 0 bridgehead atoms. The van der Waals surface area contributed by atoms with Crippen LogP contribution < -0.4 is 14.9 Å². The summed E-state index contributed by atoms with van der Waals surface area (Å²) in [4.78, 5) is 23.1. The third-order valence-electron chi connectivity index (χ3n) is 3.45. The number of methoxy groups -OCH3 is 1. The normalized spacial score (nSPS) is 10.5. The van der Waals surface area contributed by atoms with E-state index in [4.69, 9.17) is 9.47 Å². The molecule has 0 spiro atoms. The lowest BCUT2D eigenvalue weighted by atomic mass is 10.1. The molecule has 0 aromatic heterocycles. The number of carbonyl (C=O) groups is 2. The van der Waals surface area contributed by atoms with Crippen LogP contribution in [0, 0.1) is 0 Å². The predicted molar refractivity (Wildman–Crippen MR) is 95.2 cm³/mol. The Labute approximate surface area is 146 Å². The van der Waals surface area contributed by atoms with E-state index in [-0.39, 0.29) is 5.91 Å². The Morgan fingerprint density at radius 3 is 2.44 bits per heavy atom. The molecule has 0 radical (unpaired) electrons. The summed E-state index contributed by atoms with van der Waals surface area (Å²) in [5.41, 5.74) is 4.87. The van der Waals surface area contributed by atoms with Crippen molar-refractivity contribution in [3.05, 3.63) is 59.2 Å². The van der Waals surface area contributed by atoms with Gasteiger partial charge in [-0.2, -0.15) is 5.10 Å². The Hall–Kier alpha value is -3.15. The molecule has 6 nitrogen and oxygen atoms in total. The average Bonchev–Trinajstić information content (AvgIpc) is 2.62. The molecule has 0 fully saturated rings. The van der Waals surface area contributed by atoms with E-state index < -0.39 is 5.97 Å². The summed E-state index contributed by atoms with van der Waals surface area (Å²) in [6.45, 7) is 3.37. The van der Waals surface area contributed by atoms with Gasteiger partial charge in [0, 0.05) is 12.5 Å². The number of hydrogen-bond acceptors (Lipinski definition) is 5. The molecule has 25 heavy (non-hydrogen) atoms. The van der Waals surface area contributed by atoms with Gasteiger partial charge < -0.3 is 9.47 Å². The highest BCUT2D eigenvalue weighted by molar-refractivity contribution is 5.95. The van der Waals surface area contributed by atoms with Crippen molar-refractivity contribution in [3.8, 4) is 11.5 Å². The molecule has 130 valence electrons. The van der Waals surface area contributed by atoms with Crippen LogP contribution in [0.3, 0.4) is 0 Å². The monoisotopic (exact) mass is 340 g/mol. The maximum Gasteiger partial charge on any atom is 0.308 e. The molecular weight excluding hydrogens is 320 g/mol. The van der Waals surface area contributed by atoms with Gasteiger partial charge in [0.2, 0.25) is 0 Å². The molecule has 0 saturated carbocycles. The number of esters is 1. The number of aryl methyl sites for hydroxylation is 1. The number of ether oxygens (including phenoxy) is 2. The number of amides is 1. The van der Waals surface area contributed by atoms with Crippen molar-refractivity contribution in [2.24, 2.45) is 5.10 Å². The Bertz CT molecular complexity index is 783. The van der Waals surface area contributed by atoms with E-state index in [9.17, 15) is 9.59 Å². The van der Waals surface area contributed by atoms with E-state index in [1.54, 1.807) is 30.3 Å². The van der Waals surface area contributed by atoms with Crippen molar-refractivity contribution in [1.29, 1.82) is 0 Å². The smallest absolute Gasteiger partial charge is 0.308 e. The minimum Gasteiger partial charge on any atom is -0.493 e. The molecule has 1 N–H and O–H groups in total. The summed E-state index contributed by atoms with van der Waals surface area (Å²) in [5.74, 6) is 0.0105. The molecular formula is C19H20N2O4. The molecule has 0 aliphatic rings. The molecule has 1 amide bonds. The maximum absolute atomic E-state index is 12.0. The quantitative estimate of drug-likeness (QED) is 0.380. The Morgan fingerprint density at radius 2 is 1.84 bits per heavy atom. The third-order valence-corrected chi connectivity index (χ3v) is 3.45. The zero-order valence-corrected chi connectivity index (χ0v) is 14.4. The summed E-state index contributed by atoms with van der Waals surface area (Å²) in [7, 11) is 1.48. The minimum absolute atomic E-state index is 0.289. The van der Waals surface area contributed by atoms with Gasteiger partial charge in [0.1, 0.15) is 0 Å². The van der Waals surface area contributed by atoms with Gasteiger partial charge in [-0.3, -0.25) is 9.59 Å². The fraction of sp³-hybridized carbons (Fsp3) is 0.211. The van der Waals surface area contributed by atoms with Gasteiger partial charge in [-0.1, -0.05) is 19.1 Å². The van der Waals surface area contributed by atoms with Crippen LogP contribution in [-0.4, -0.2) is 25.2 Å². The standard InChI is InChI=1S/C19H20N2O4/c1-4-14-5-8-16(9-6-14)19(23)21-20-12-15-7-10-17(25-13(2)22)18(11-15)24-3/h5-12H,4H2,1-3H3,(H,21,23)/b20-12-. The van der Waals surface area contributed by atoms with Gasteiger partial charge in [-0.15, -0.1) is 0 Å². The SMILES string of the molecule is CCc1ccc(C(=O)N/N=C\c2ccc(OC(C)=O)c(OC)c2)cc1. The number of rotatable bonds is 6. The Balaban J connectivity index is 2.03. The first kappa shape index (κ1) is 18.2. The van der Waals surface area contributed by atoms with Gasteiger partial charge in [-0.25, -0.2) is 5.43 Å². The zero-order valence-electron chi connectivity index (χ0n) is 14.4. The summed E-state index contributed by atoms with van der Waals surface area (Å²) < 4.78 is 10.2. The molecule has 6 heteroatoms. The van der Waals surface area contributed by atoms with Gasteiger partial charge in [0.15, 0.2) is 11.5 Å². The van der Waals surface area contributed by atoms with Crippen molar-refractivity contribution in [3.63, 3.8) is 0 Å². The van der Waals surface area contributed by atoms with Crippen molar-refractivity contribution in [1.82, 2.24) is 5.43 Å². The van der Waals surface area contributed by atoms with E-state index in [0.717, 1.165) is 6.42 Å². The molecule has 0 aliphatic heterocycles. The number of carbonyl (C=O) groups excluding carboxylic acids is 2. The summed E-state index contributed by atoms with van der Waals surface area (Å²) in [5, 5.41) is 3.94. The van der Waals surface area contributed by atoms with E-state index in [1.807, 2.05) is 12.1 Å². The number of nitrogens with one attached hydrogen (secondary N) is 1. The van der Waals surface area contributed by atoms with Gasteiger partial charge in [0.25, 0.3) is 5.91 Å². The zero-order chi connectivity index (χ0) is 18.2. The fourth-order valence-corrected chi connectivity index (χ4v) is 2.13. The van der Waals surface area contributed by atoms with Crippen LogP contribution in [0.25, 0.3) is 0 Å². The first-order chi connectivity index (χ1) is 12.0. The number of hydrogen-bond donors (Lipinski definition) is 1. The first-order valence-corrected chi connectivity index (χ1v) is 7.82. The molecule has 0 heterocycles. The van der Waals surface area contributed by atoms with Crippen LogP contribution in [0.2, 0.25) is 0 Å². The molecule has 0 atom stereocenters. The molecule has 0 unspecified atom stereocenters. The highest BCUT2D eigenvalue weighted by Crippen LogP contribution is 2.27. The van der Waals surface area contributed by atoms with Crippen LogP contribution in [0.1, 0.15) is 35.3 Å². The average molecular weight is 340 g/mol. The summed E-state index contributed by atoms with van der Waals surface area (Å²) in [6, 6.07) is 12.3. The highest BCUT2D eigenvalue weighted by Gasteiger charge is 2.07. The van der Waals surface area contributed by atoms with E-state index in [1.165, 1.54) is 25.8 Å². The number of hydrazone groups is 1. The molecule has 2 rings (SSSR count). The van der Waals surface area contributed by atoms with Crippen molar-refractivity contribution in [2.45, 2.75) is 20.3 Å². The van der Waals surface area contributed by atoms with Crippen molar-refractivity contribution < 1.29 is 19.1 Å². The van der Waals surface area contributed by atoms with Crippen molar-refractivity contribution >= 4 is 18.1 Å². The first-order valence-electron chi connectivity index (χ1n) is 7.82. The predicted octanol–water partition coefficient (Wildman–Crippen LogP) is 2.95. The van der Waals surface area contributed by atoms with Crippen LogP contribution in [-0.2, 0) is 11.2 Å². The van der Waals surface area contributed by atoms with Crippen molar-refractivity contribution in [2.75, 3.05) is 7.11 Å². The molecule has 0 saturated heterocycles. The lowest BCUT2D eigenvalue weighted by Gasteiger charge is -2.08. The van der Waals surface area contributed by atoms with Crippen LogP contribution in [0.4, 0.5) is 0 Å². The highest BCUT2D eigenvalue weighted by atomic mass is 16.6. The summed E-state index contributed by atoms with van der Waals surface area (Å²) in [6.07, 6.45) is 2.41. The van der Waals surface area contributed by atoms with E-state index >= 15 is 0 Å². The van der Waals surface area contributed by atoms with Crippen LogP contribution in [0.5, 0.6) is 11.5 Å². The third kappa shape index (κ3) is 5.17. The second kappa shape index (κ2) is 8.63. The maximum atomic E-state index is 12.0. The number of nitrogens with zero attached hydrogens (tertiary/aromatic N) is 1. The van der Waals surface area contributed by atoms with E-state index in [2.05, 4.69) is 17.5 Å². The Morgan fingerprint density at radius 1 is 1.12 bits per heavy atom. The molecule has 2 aromatic carbocycles. The Kier molecular flexibility index (Phi) is 6.28. The minimum atomic E-state index is -0.430. The van der Waals surface area contributed by atoms with Gasteiger partial charge >= 0.3 is 5.97 Å². The fourth-order valence-electron chi connectivity index (χ4n) is 2.13. The lowest BCUT2D eigenvalue weighted by molar-refractivity contribution is -0.132. The largest absolute Gasteiger partial charge is 0.493 e. The second-order valence-electron chi connectivity index (χ2n) is 5.25. The topological polar surface area (TPSA) is 77.0 Å². The molecule has 2 aromatic rings. The second-order valence-corrected chi connectivity index (χ2v) is 5.25. The lowest BCUT2D eigenvalue weighted by Crippen LogP contribution is -2.17. The van der Waals surface area contributed by atoms with E-state index in [0.29, 0.717) is 22.6 Å². The number of benzene rings is 2. The van der Waals surface area contributed by atoms with Crippen LogP contribution >= 0.6 is 0 Å². The van der Waals surface area contributed by atoms with Gasteiger partial charge in [0.05, 0.1) is 13.3 Å².